The summed E-state index contributed by atoms with van der Waals surface area (Å²) in [7, 11) is 3.29. The fourth-order valence-corrected chi connectivity index (χ4v) is 3.38. The van der Waals surface area contributed by atoms with Crippen LogP contribution < -0.4 is 0 Å². The fourth-order valence-electron chi connectivity index (χ4n) is 1.45. The van der Waals surface area contributed by atoms with Crippen LogP contribution in [0.25, 0.3) is 0 Å². The third-order valence-corrected chi connectivity index (χ3v) is 4.83. The maximum absolute atomic E-state index is 8.44. The van der Waals surface area contributed by atoms with Gasteiger partial charge in [0, 0.05) is 9.79 Å². The lowest BCUT2D eigenvalue weighted by Gasteiger charge is -2.02. The molecule has 6 heteroatoms. The molecule has 2 N–H and O–H groups in total. The van der Waals surface area contributed by atoms with E-state index < -0.39 is 0 Å². The first-order chi connectivity index (χ1) is 9.81. The van der Waals surface area contributed by atoms with Gasteiger partial charge in [0.1, 0.15) is 0 Å². The van der Waals surface area contributed by atoms with Crippen molar-refractivity contribution in [1.29, 1.82) is 0 Å². The lowest BCUT2D eigenvalue weighted by Crippen LogP contribution is -1.80. The molecule has 0 saturated heterocycles. The molecule has 4 nitrogen and oxygen atoms in total. The van der Waals surface area contributed by atoms with E-state index in [1.165, 1.54) is 12.4 Å². The lowest BCUT2D eigenvalue weighted by atomic mass is 10.2. The first kappa shape index (κ1) is 14.5. The Hall–Kier alpha value is -1.92. The summed E-state index contributed by atoms with van der Waals surface area (Å²) < 4.78 is 0. The first-order valence-corrected chi connectivity index (χ1v) is 7.86. The Kier molecular flexibility index (Phi) is 5.52. The van der Waals surface area contributed by atoms with E-state index in [0.717, 1.165) is 20.9 Å². The van der Waals surface area contributed by atoms with E-state index in [2.05, 4.69) is 10.3 Å². The van der Waals surface area contributed by atoms with Crippen molar-refractivity contribution >= 4 is 34.0 Å². The fraction of sp³-hybridized carbons (Fsp3) is 0. The van der Waals surface area contributed by atoms with E-state index in [9.17, 15) is 0 Å². The smallest absolute Gasteiger partial charge is 0.0733 e. The minimum Gasteiger partial charge on any atom is -0.411 e. The van der Waals surface area contributed by atoms with Gasteiger partial charge in [-0.3, -0.25) is 0 Å². The molecule has 0 aliphatic carbocycles. The molecule has 0 saturated carbocycles. The first-order valence-electron chi connectivity index (χ1n) is 5.71. The number of hydrogen-bond acceptors (Lipinski definition) is 6. The number of hydrogen-bond donors (Lipinski definition) is 2. The molecule has 0 bridgehead atoms. The summed E-state index contributed by atoms with van der Waals surface area (Å²) in [5.74, 6) is 0. The van der Waals surface area contributed by atoms with Crippen LogP contribution in [0.15, 0.2) is 68.6 Å². The summed E-state index contributed by atoms with van der Waals surface area (Å²) in [5.41, 5.74) is 1.71. The normalized spacial score (nSPS) is 11.4. The molecule has 20 heavy (non-hydrogen) atoms. The van der Waals surface area contributed by atoms with Crippen LogP contribution in [0.5, 0.6) is 0 Å². The Morgan fingerprint density at radius 2 is 1.00 bits per heavy atom. The van der Waals surface area contributed by atoms with Crippen molar-refractivity contribution in [3.8, 4) is 0 Å². The van der Waals surface area contributed by atoms with Gasteiger partial charge in [0.25, 0.3) is 0 Å². The second kappa shape index (κ2) is 7.62. The summed E-state index contributed by atoms with van der Waals surface area (Å²) in [6, 6.07) is 15.5. The van der Waals surface area contributed by atoms with Crippen LogP contribution in [-0.2, 0) is 0 Å². The molecule has 102 valence electrons. The van der Waals surface area contributed by atoms with Gasteiger partial charge in [-0.25, -0.2) is 0 Å². The predicted octanol–water partition coefficient (Wildman–Crippen LogP) is 4.10. The molecule has 0 amide bonds. The Morgan fingerprint density at radius 1 is 0.650 bits per heavy atom. The average Bonchev–Trinajstić information content (AvgIpc) is 2.49. The molecular formula is C14H12N2O2S2. The maximum atomic E-state index is 8.44. The van der Waals surface area contributed by atoms with E-state index in [1.54, 1.807) is 21.6 Å². The van der Waals surface area contributed by atoms with Crippen molar-refractivity contribution < 1.29 is 10.4 Å². The molecule has 2 aromatic carbocycles. The molecule has 0 fully saturated rings. The highest BCUT2D eigenvalue weighted by Crippen LogP contribution is 2.37. The third kappa shape index (κ3) is 4.32. The number of nitrogens with zero attached hydrogens (tertiary/aromatic N) is 2. The monoisotopic (exact) mass is 304 g/mol. The van der Waals surface area contributed by atoms with E-state index in [-0.39, 0.29) is 0 Å². The third-order valence-electron chi connectivity index (χ3n) is 2.41. The van der Waals surface area contributed by atoms with Crippen molar-refractivity contribution in [2.24, 2.45) is 10.3 Å². The van der Waals surface area contributed by atoms with E-state index >= 15 is 0 Å². The van der Waals surface area contributed by atoms with Gasteiger partial charge in [0.2, 0.25) is 0 Å². The highest BCUT2D eigenvalue weighted by molar-refractivity contribution is 8.76. The molecule has 2 aromatic rings. The molecular weight excluding hydrogens is 292 g/mol. The highest BCUT2D eigenvalue weighted by Gasteiger charge is 1.98. The van der Waals surface area contributed by atoms with Gasteiger partial charge in [-0.15, -0.1) is 0 Å². The SMILES string of the molecule is O/N=C/c1ccc(SSc2ccc(/C=N/O)cc2)cc1. The molecule has 0 aromatic heterocycles. The maximum Gasteiger partial charge on any atom is 0.0733 e. The van der Waals surface area contributed by atoms with Crippen LogP contribution in [0.3, 0.4) is 0 Å². The van der Waals surface area contributed by atoms with Crippen LogP contribution in [0.1, 0.15) is 11.1 Å². The summed E-state index contributed by atoms with van der Waals surface area (Å²) in [6.45, 7) is 0. The average molecular weight is 304 g/mol. The molecule has 0 aliphatic heterocycles. The van der Waals surface area contributed by atoms with Crippen molar-refractivity contribution in [2.45, 2.75) is 9.79 Å². The van der Waals surface area contributed by atoms with Gasteiger partial charge in [-0.05, 0) is 35.4 Å². The molecule has 0 radical (unpaired) electrons. The van der Waals surface area contributed by atoms with E-state index in [1.807, 2.05) is 48.5 Å². The predicted molar refractivity (Wildman–Crippen MR) is 83.4 cm³/mol. The molecule has 0 heterocycles. The second-order valence-corrected chi connectivity index (χ2v) is 6.07. The van der Waals surface area contributed by atoms with Crippen molar-refractivity contribution in [3.05, 3.63) is 59.7 Å². The van der Waals surface area contributed by atoms with Gasteiger partial charge in [0.15, 0.2) is 0 Å². The molecule has 0 aliphatic rings. The quantitative estimate of drug-likeness (QED) is 0.378. The Labute approximate surface area is 124 Å². The van der Waals surface area contributed by atoms with Crippen molar-refractivity contribution in [2.75, 3.05) is 0 Å². The van der Waals surface area contributed by atoms with Crippen LogP contribution >= 0.6 is 21.6 Å². The van der Waals surface area contributed by atoms with Gasteiger partial charge < -0.3 is 10.4 Å². The largest absolute Gasteiger partial charge is 0.411 e. The zero-order chi connectivity index (χ0) is 14.2. The summed E-state index contributed by atoms with van der Waals surface area (Å²) in [5, 5.41) is 22.8. The van der Waals surface area contributed by atoms with E-state index in [4.69, 9.17) is 10.4 Å². The Morgan fingerprint density at radius 3 is 1.30 bits per heavy atom. The minimum atomic E-state index is 0.856. The Bertz CT molecular complexity index is 540. The van der Waals surface area contributed by atoms with Crippen LogP contribution in [0.2, 0.25) is 0 Å². The topological polar surface area (TPSA) is 65.2 Å². The van der Waals surface area contributed by atoms with Gasteiger partial charge in [-0.2, -0.15) is 0 Å². The highest BCUT2D eigenvalue weighted by atomic mass is 33.1. The lowest BCUT2D eigenvalue weighted by molar-refractivity contribution is 0.321. The van der Waals surface area contributed by atoms with E-state index in [0.29, 0.717) is 0 Å². The standard InChI is InChI=1S/C14H12N2O2S2/c17-15-9-11-1-5-13(6-2-11)19-20-14-7-3-12(4-8-14)10-16-18/h1-10,17-18H/b15-9+,16-10+. The summed E-state index contributed by atoms with van der Waals surface area (Å²) in [4.78, 5) is 2.23. The van der Waals surface area contributed by atoms with Gasteiger partial charge in [0.05, 0.1) is 12.4 Å². The number of benzene rings is 2. The zero-order valence-corrected chi connectivity index (χ0v) is 12.0. The summed E-state index contributed by atoms with van der Waals surface area (Å²) in [6.07, 6.45) is 2.78. The second-order valence-electron chi connectivity index (χ2n) is 3.79. The van der Waals surface area contributed by atoms with Crippen LogP contribution in [0, 0.1) is 0 Å². The molecule has 0 unspecified atom stereocenters. The Balaban J connectivity index is 1.94. The number of rotatable bonds is 5. The van der Waals surface area contributed by atoms with Crippen LogP contribution in [0.4, 0.5) is 0 Å². The van der Waals surface area contributed by atoms with Crippen molar-refractivity contribution in [3.63, 3.8) is 0 Å². The molecule has 0 spiro atoms. The van der Waals surface area contributed by atoms with Crippen LogP contribution in [-0.4, -0.2) is 22.8 Å². The minimum absolute atomic E-state index is 0.856. The van der Waals surface area contributed by atoms with Gasteiger partial charge in [-0.1, -0.05) is 56.2 Å². The zero-order valence-electron chi connectivity index (χ0n) is 10.4. The molecule has 0 atom stereocenters. The number of oxime groups is 2. The van der Waals surface area contributed by atoms with Gasteiger partial charge >= 0.3 is 0 Å². The molecule has 2 rings (SSSR count). The summed E-state index contributed by atoms with van der Waals surface area (Å²) >= 11 is 0. The van der Waals surface area contributed by atoms with Crippen molar-refractivity contribution in [1.82, 2.24) is 0 Å².